The van der Waals surface area contributed by atoms with Crippen molar-refractivity contribution in [1.29, 1.82) is 0 Å². The molecule has 2 aliphatic heterocycles. The largest absolute Gasteiger partial charge is 0.379 e. The van der Waals surface area contributed by atoms with Gasteiger partial charge in [0, 0.05) is 19.7 Å². The van der Waals surface area contributed by atoms with E-state index in [4.69, 9.17) is 4.74 Å². The van der Waals surface area contributed by atoms with Gasteiger partial charge in [0.25, 0.3) is 0 Å². The Kier molecular flexibility index (Phi) is 4.23. The number of nitrogens with zero attached hydrogens (tertiary/aromatic N) is 2. The number of amides is 2. The highest BCUT2D eigenvalue weighted by molar-refractivity contribution is 5.74. The van der Waals surface area contributed by atoms with E-state index in [0.29, 0.717) is 12.6 Å². The van der Waals surface area contributed by atoms with Gasteiger partial charge in [0.15, 0.2) is 0 Å². The van der Waals surface area contributed by atoms with Crippen LogP contribution in [-0.4, -0.2) is 68.3 Å². The van der Waals surface area contributed by atoms with Crippen LogP contribution in [0.25, 0.3) is 0 Å². The molecule has 2 amide bonds. The normalized spacial score (nSPS) is 27.1. The number of carbonyl (C=O) groups excluding carboxylic acids is 1. The lowest BCUT2D eigenvalue weighted by Crippen LogP contribution is -2.50. The number of likely N-dealkylation sites (tertiary alicyclic amines) is 1. The Bertz CT molecular complexity index is 258. The molecule has 2 rings (SSSR count). The standard InChI is InChI=1S/C12H23N3O2/c1-14-6-3-11(4-7-14)15(2)12(16)13-10-5-8-17-9-10/h10-11H,3-9H2,1-2H3,(H,13,16). The fourth-order valence-corrected chi connectivity index (χ4v) is 2.47. The lowest BCUT2D eigenvalue weighted by atomic mass is 10.0. The molecule has 2 heterocycles. The van der Waals surface area contributed by atoms with Crippen molar-refractivity contribution in [1.82, 2.24) is 15.1 Å². The summed E-state index contributed by atoms with van der Waals surface area (Å²) in [7, 11) is 4.04. The number of carbonyl (C=O) groups is 1. The van der Waals surface area contributed by atoms with Crippen LogP contribution in [0.3, 0.4) is 0 Å². The molecule has 5 nitrogen and oxygen atoms in total. The Hall–Kier alpha value is -0.810. The highest BCUT2D eigenvalue weighted by atomic mass is 16.5. The first kappa shape index (κ1) is 12.6. The van der Waals surface area contributed by atoms with E-state index in [2.05, 4.69) is 17.3 Å². The summed E-state index contributed by atoms with van der Waals surface area (Å²) in [5.74, 6) is 0. The van der Waals surface area contributed by atoms with Gasteiger partial charge in [-0.2, -0.15) is 0 Å². The number of hydrogen-bond donors (Lipinski definition) is 1. The van der Waals surface area contributed by atoms with Gasteiger partial charge in [0.1, 0.15) is 0 Å². The highest BCUT2D eigenvalue weighted by Gasteiger charge is 2.26. The van der Waals surface area contributed by atoms with Crippen molar-refractivity contribution in [3.05, 3.63) is 0 Å². The number of urea groups is 1. The molecule has 2 fully saturated rings. The monoisotopic (exact) mass is 241 g/mol. The second-order valence-corrected chi connectivity index (χ2v) is 5.16. The molecular weight excluding hydrogens is 218 g/mol. The fraction of sp³-hybridized carbons (Fsp3) is 0.917. The minimum Gasteiger partial charge on any atom is -0.379 e. The van der Waals surface area contributed by atoms with Crippen LogP contribution >= 0.6 is 0 Å². The van der Waals surface area contributed by atoms with Gasteiger partial charge in [-0.3, -0.25) is 0 Å². The maximum Gasteiger partial charge on any atom is 0.317 e. The van der Waals surface area contributed by atoms with Crippen LogP contribution in [0.2, 0.25) is 0 Å². The molecule has 98 valence electrons. The van der Waals surface area contributed by atoms with E-state index in [-0.39, 0.29) is 12.1 Å². The quantitative estimate of drug-likeness (QED) is 0.766. The molecule has 1 unspecified atom stereocenters. The van der Waals surface area contributed by atoms with E-state index >= 15 is 0 Å². The summed E-state index contributed by atoms with van der Waals surface area (Å²) in [6.07, 6.45) is 3.08. The third kappa shape index (κ3) is 3.33. The molecule has 0 aromatic carbocycles. The van der Waals surface area contributed by atoms with Crippen LogP contribution in [0, 0.1) is 0 Å². The predicted molar refractivity (Wildman–Crippen MR) is 66.0 cm³/mol. The van der Waals surface area contributed by atoms with Crippen molar-refractivity contribution in [2.45, 2.75) is 31.3 Å². The van der Waals surface area contributed by atoms with E-state index in [0.717, 1.165) is 39.0 Å². The molecule has 5 heteroatoms. The van der Waals surface area contributed by atoms with E-state index in [9.17, 15) is 4.79 Å². The Morgan fingerprint density at radius 2 is 2.06 bits per heavy atom. The zero-order valence-corrected chi connectivity index (χ0v) is 10.8. The van der Waals surface area contributed by atoms with Crippen LogP contribution in [0.5, 0.6) is 0 Å². The number of piperidine rings is 1. The Labute approximate surface area is 103 Å². The third-order valence-corrected chi connectivity index (χ3v) is 3.81. The average molecular weight is 241 g/mol. The summed E-state index contributed by atoms with van der Waals surface area (Å²) < 4.78 is 5.26. The van der Waals surface area contributed by atoms with Gasteiger partial charge in [-0.25, -0.2) is 4.79 Å². The smallest absolute Gasteiger partial charge is 0.317 e. The third-order valence-electron chi connectivity index (χ3n) is 3.81. The molecule has 0 saturated carbocycles. The first-order valence-electron chi connectivity index (χ1n) is 6.46. The van der Waals surface area contributed by atoms with E-state index in [1.165, 1.54) is 0 Å². The number of hydrogen-bond acceptors (Lipinski definition) is 3. The lowest BCUT2D eigenvalue weighted by molar-refractivity contribution is 0.143. The molecule has 0 radical (unpaired) electrons. The second kappa shape index (κ2) is 5.69. The second-order valence-electron chi connectivity index (χ2n) is 5.16. The molecule has 2 aliphatic rings. The van der Waals surface area contributed by atoms with Gasteiger partial charge in [-0.1, -0.05) is 0 Å². The van der Waals surface area contributed by atoms with Gasteiger partial charge in [0.05, 0.1) is 12.6 Å². The van der Waals surface area contributed by atoms with Crippen molar-refractivity contribution in [2.24, 2.45) is 0 Å². The molecule has 1 N–H and O–H groups in total. The summed E-state index contributed by atoms with van der Waals surface area (Å²) in [5.41, 5.74) is 0. The molecule has 0 aliphatic carbocycles. The molecule has 0 bridgehead atoms. The van der Waals surface area contributed by atoms with Crippen LogP contribution in [0.4, 0.5) is 4.79 Å². The minimum atomic E-state index is 0.0510. The van der Waals surface area contributed by atoms with Crippen molar-refractivity contribution >= 4 is 6.03 Å². The van der Waals surface area contributed by atoms with E-state index in [1.54, 1.807) is 0 Å². The fourth-order valence-electron chi connectivity index (χ4n) is 2.47. The number of ether oxygens (including phenoxy) is 1. The zero-order chi connectivity index (χ0) is 12.3. The molecule has 0 aromatic heterocycles. The first-order valence-corrected chi connectivity index (χ1v) is 6.46. The number of rotatable bonds is 2. The van der Waals surface area contributed by atoms with Gasteiger partial charge < -0.3 is 19.9 Å². The van der Waals surface area contributed by atoms with E-state index < -0.39 is 0 Å². The first-order chi connectivity index (χ1) is 8.16. The minimum absolute atomic E-state index is 0.0510. The summed E-state index contributed by atoms with van der Waals surface area (Å²) in [6.45, 7) is 3.58. The molecular formula is C12H23N3O2. The van der Waals surface area contributed by atoms with E-state index in [1.807, 2.05) is 11.9 Å². The molecule has 2 saturated heterocycles. The maximum atomic E-state index is 12.0. The zero-order valence-electron chi connectivity index (χ0n) is 10.8. The summed E-state index contributed by atoms with van der Waals surface area (Å²) in [5, 5.41) is 3.04. The molecule has 0 spiro atoms. The topological polar surface area (TPSA) is 44.8 Å². The summed E-state index contributed by atoms with van der Waals surface area (Å²) in [4.78, 5) is 16.2. The van der Waals surface area contributed by atoms with Crippen molar-refractivity contribution in [3.63, 3.8) is 0 Å². The van der Waals surface area contributed by atoms with Crippen LogP contribution < -0.4 is 5.32 Å². The Balaban J connectivity index is 1.77. The Morgan fingerprint density at radius 3 is 2.65 bits per heavy atom. The SMILES string of the molecule is CN1CCC(N(C)C(=O)NC2CCOC2)CC1. The van der Waals surface area contributed by atoms with Crippen molar-refractivity contribution in [3.8, 4) is 0 Å². The van der Waals surface area contributed by atoms with Gasteiger partial charge in [0.2, 0.25) is 0 Å². The van der Waals surface area contributed by atoms with Gasteiger partial charge in [-0.05, 0) is 39.4 Å². The van der Waals surface area contributed by atoms with Gasteiger partial charge in [-0.15, -0.1) is 0 Å². The molecule has 17 heavy (non-hydrogen) atoms. The number of nitrogens with one attached hydrogen (secondary N) is 1. The van der Waals surface area contributed by atoms with Crippen LogP contribution in [-0.2, 0) is 4.74 Å². The van der Waals surface area contributed by atoms with Crippen molar-refractivity contribution in [2.75, 3.05) is 40.4 Å². The molecule has 1 atom stereocenters. The average Bonchev–Trinajstić information content (AvgIpc) is 2.82. The Morgan fingerprint density at radius 1 is 1.35 bits per heavy atom. The summed E-state index contributed by atoms with van der Waals surface area (Å²) in [6, 6.07) is 0.639. The van der Waals surface area contributed by atoms with Crippen molar-refractivity contribution < 1.29 is 9.53 Å². The highest BCUT2D eigenvalue weighted by Crippen LogP contribution is 2.14. The van der Waals surface area contributed by atoms with Crippen LogP contribution in [0.1, 0.15) is 19.3 Å². The maximum absolute atomic E-state index is 12.0. The van der Waals surface area contributed by atoms with Crippen LogP contribution in [0.15, 0.2) is 0 Å². The predicted octanol–water partition coefficient (Wildman–Crippen LogP) is 0.511. The van der Waals surface area contributed by atoms with Gasteiger partial charge >= 0.3 is 6.03 Å². The molecule has 0 aromatic rings. The lowest BCUT2D eigenvalue weighted by Gasteiger charge is -2.35. The summed E-state index contributed by atoms with van der Waals surface area (Å²) >= 11 is 0.